The lowest BCUT2D eigenvalue weighted by Gasteiger charge is -2.15. The average Bonchev–Trinajstić information content (AvgIpc) is 2.88. The summed E-state index contributed by atoms with van der Waals surface area (Å²) in [6.07, 6.45) is 1.17. The summed E-state index contributed by atoms with van der Waals surface area (Å²) in [5, 5.41) is 12.1. The van der Waals surface area contributed by atoms with Crippen LogP contribution >= 0.6 is 11.6 Å². The molecule has 0 radical (unpaired) electrons. The summed E-state index contributed by atoms with van der Waals surface area (Å²) in [7, 11) is 0. The lowest BCUT2D eigenvalue weighted by atomic mass is 10.1. The average molecular weight is 294 g/mol. The van der Waals surface area contributed by atoms with E-state index in [9.17, 15) is 9.59 Å². The predicted molar refractivity (Wildman–Crippen MR) is 72.9 cm³/mol. The Bertz CT molecular complexity index is 654. The third-order valence-corrected chi connectivity index (χ3v) is 3.13. The zero-order valence-corrected chi connectivity index (χ0v) is 11.3. The smallest absolute Gasteiger partial charge is 0.354 e. The van der Waals surface area contributed by atoms with Gasteiger partial charge in [0.05, 0.1) is 12.4 Å². The van der Waals surface area contributed by atoms with E-state index in [-0.39, 0.29) is 17.4 Å². The normalized spacial score (nSPS) is 11.9. The van der Waals surface area contributed by atoms with Crippen LogP contribution in [0.2, 0.25) is 5.02 Å². The molecule has 1 heterocycles. The molecule has 0 saturated carbocycles. The number of carboxylic acid groups (broad SMARTS) is 1. The molecule has 0 aliphatic heterocycles. The summed E-state index contributed by atoms with van der Waals surface area (Å²) in [6.45, 7) is 1.76. The predicted octanol–water partition coefficient (Wildman–Crippen LogP) is 2.25. The van der Waals surface area contributed by atoms with Crippen LogP contribution in [0.5, 0.6) is 0 Å². The maximum Gasteiger partial charge on any atom is 0.354 e. The maximum atomic E-state index is 12.0. The van der Waals surface area contributed by atoms with Crippen molar-refractivity contribution >= 4 is 23.5 Å². The first-order valence-electron chi connectivity index (χ1n) is 5.82. The number of carbonyl (C=O) groups excluding carboxylic acids is 1. The standard InChI is InChI=1S/C13H12ClN3O3/c1-7(8-4-2-3-5-9(8)14)17-12(18)10-11(13(19)20)16-6-15-10/h2-7H,1H3,(H,15,16)(H,17,18)(H,19,20). The van der Waals surface area contributed by atoms with Crippen molar-refractivity contribution in [1.82, 2.24) is 15.3 Å². The first kappa shape index (κ1) is 14.1. The minimum atomic E-state index is -1.24. The molecule has 2 aromatic rings. The van der Waals surface area contributed by atoms with Crippen LogP contribution in [0.15, 0.2) is 30.6 Å². The van der Waals surface area contributed by atoms with Gasteiger partial charge in [-0.05, 0) is 18.6 Å². The summed E-state index contributed by atoms with van der Waals surface area (Å²) in [4.78, 5) is 29.1. The molecule has 1 unspecified atom stereocenters. The number of benzene rings is 1. The van der Waals surface area contributed by atoms with Gasteiger partial charge < -0.3 is 15.4 Å². The van der Waals surface area contributed by atoms with Crippen molar-refractivity contribution in [2.75, 3.05) is 0 Å². The number of aromatic amines is 1. The van der Waals surface area contributed by atoms with Gasteiger partial charge in [0, 0.05) is 5.02 Å². The number of aromatic nitrogens is 2. The van der Waals surface area contributed by atoms with Gasteiger partial charge in [-0.25, -0.2) is 9.78 Å². The number of rotatable bonds is 4. The molecule has 1 aromatic heterocycles. The molecular weight excluding hydrogens is 282 g/mol. The maximum absolute atomic E-state index is 12.0. The molecule has 0 spiro atoms. The molecule has 2 rings (SSSR count). The Morgan fingerprint density at radius 1 is 1.40 bits per heavy atom. The number of halogens is 1. The van der Waals surface area contributed by atoms with Gasteiger partial charge in [-0.1, -0.05) is 29.8 Å². The fourth-order valence-electron chi connectivity index (χ4n) is 1.80. The number of amides is 1. The first-order valence-corrected chi connectivity index (χ1v) is 6.20. The molecule has 0 saturated heterocycles. The highest BCUT2D eigenvalue weighted by molar-refractivity contribution is 6.31. The van der Waals surface area contributed by atoms with E-state index in [4.69, 9.17) is 16.7 Å². The quantitative estimate of drug-likeness (QED) is 0.805. The molecule has 1 aromatic carbocycles. The van der Waals surface area contributed by atoms with E-state index in [0.717, 1.165) is 5.56 Å². The van der Waals surface area contributed by atoms with Crippen molar-refractivity contribution in [1.29, 1.82) is 0 Å². The molecule has 0 aliphatic carbocycles. The Hall–Kier alpha value is -2.34. The van der Waals surface area contributed by atoms with Gasteiger partial charge in [0.1, 0.15) is 0 Å². The molecular formula is C13H12ClN3O3. The van der Waals surface area contributed by atoms with E-state index in [0.29, 0.717) is 5.02 Å². The van der Waals surface area contributed by atoms with Gasteiger partial charge >= 0.3 is 5.97 Å². The van der Waals surface area contributed by atoms with Gasteiger partial charge in [-0.3, -0.25) is 4.79 Å². The number of nitrogens with one attached hydrogen (secondary N) is 2. The first-order chi connectivity index (χ1) is 9.50. The van der Waals surface area contributed by atoms with Crippen molar-refractivity contribution in [3.63, 3.8) is 0 Å². The molecule has 0 fully saturated rings. The molecule has 7 heteroatoms. The third-order valence-electron chi connectivity index (χ3n) is 2.79. The second-order valence-corrected chi connectivity index (χ2v) is 4.56. The number of imidazole rings is 1. The minimum Gasteiger partial charge on any atom is -0.477 e. The molecule has 1 atom stereocenters. The lowest BCUT2D eigenvalue weighted by molar-refractivity contribution is 0.0684. The number of hydrogen-bond acceptors (Lipinski definition) is 3. The highest BCUT2D eigenvalue weighted by Gasteiger charge is 2.21. The van der Waals surface area contributed by atoms with E-state index in [1.165, 1.54) is 6.33 Å². The molecule has 0 aliphatic rings. The summed E-state index contributed by atoms with van der Waals surface area (Å²) < 4.78 is 0. The topological polar surface area (TPSA) is 95.1 Å². The summed E-state index contributed by atoms with van der Waals surface area (Å²) in [5.74, 6) is -1.81. The van der Waals surface area contributed by atoms with Gasteiger partial charge in [-0.2, -0.15) is 0 Å². The number of H-pyrrole nitrogens is 1. The molecule has 1 amide bonds. The SMILES string of the molecule is CC(NC(=O)c1nc[nH]c1C(=O)O)c1ccccc1Cl. The van der Waals surface area contributed by atoms with Crippen LogP contribution in [0.1, 0.15) is 39.5 Å². The fourth-order valence-corrected chi connectivity index (χ4v) is 2.10. The number of aromatic carboxylic acids is 1. The number of carbonyl (C=O) groups is 2. The van der Waals surface area contributed by atoms with Crippen LogP contribution in [-0.4, -0.2) is 27.0 Å². The Balaban J connectivity index is 2.18. The second kappa shape index (κ2) is 5.75. The third kappa shape index (κ3) is 2.80. The largest absolute Gasteiger partial charge is 0.477 e. The number of carboxylic acids is 1. The number of hydrogen-bond donors (Lipinski definition) is 3. The van der Waals surface area contributed by atoms with Crippen molar-refractivity contribution in [2.45, 2.75) is 13.0 Å². The van der Waals surface area contributed by atoms with E-state index in [1.807, 2.05) is 0 Å². The molecule has 6 nitrogen and oxygen atoms in total. The van der Waals surface area contributed by atoms with Crippen molar-refractivity contribution in [3.8, 4) is 0 Å². The molecule has 20 heavy (non-hydrogen) atoms. The van der Waals surface area contributed by atoms with Gasteiger partial charge in [0.25, 0.3) is 5.91 Å². The van der Waals surface area contributed by atoms with Crippen molar-refractivity contribution < 1.29 is 14.7 Å². The monoisotopic (exact) mass is 293 g/mol. The summed E-state index contributed by atoms with van der Waals surface area (Å²) >= 11 is 6.04. The fraction of sp³-hybridized carbons (Fsp3) is 0.154. The highest BCUT2D eigenvalue weighted by atomic mass is 35.5. The number of nitrogens with zero attached hydrogens (tertiary/aromatic N) is 1. The Morgan fingerprint density at radius 3 is 2.75 bits per heavy atom. The minimum absolute atomic E-state index is 0.156. The molecule has 104 valence electrons. The van der Waals surface area contributed by atoms with E-state index < -0.39 is 11.9 Å². The lowest BCUT2D eigenvalue weighted by Crippen LogP contribution is -2.28. The van der Waals surface area contributed by atoms with E-state index in [2.05, 4.69) is 15.3 Å². The molecule has 0 bridgehead atoms. The summed E-state index contributed by atoms with van der Waals surface area (Å²) in [5.41, 5.74) is 0.347. The Morgan fingerprint density at radius 2 is 2.10 bits per heavy atom. The van der Waals surface area contributed by atoms with Crippen molar-refractivity contribution in [2.24, 2.45) is 0 Å². The van der Waals surface area contributed by atoms with Crippen LogP contribution in [0.25, 0.3) is 0 Å². The van der Waals surface area contributed by atoms with E-state index in [1.54, 1.807) is 31.2 Å². The zero-order valence-electron chi connectivity index (χ0n) is 10.6. The van der Waals surface area contributed by atoms with Crippen LogP contribution in [0.4, 0.5) is 0 Å². The van der Waals surface area contributed by atoms with Gasteiger partial charge in [0.2, 0.25) is 0 Å². The van der Waals surface area contributed by atoms with Gasteiger partial charge in [-0.15, -0.1) is 0 Å². The summed E-state index contributed by atoms with van der Waals surface area (Å²) in [6, 6.07) is 6.74. The molecule has 3 N–H and O–H groups in total. The van der Waals surface area contributed by atoms with Gasteiger partial charge in [0.15, 0.2) is 11.4 Å². The van der Waals surface area contributed by atoms with Crippen molar-refractivity contribution in [3.05, 3.63) is 52.6 Å². The Labute approximate surface area is 119 Å². The van der Waals surface area contributed by atoms with Crippen LogP contribution in [0, 0.1) is 0 Å². The highest BCUT2D eigenvalue weighted by Crippen LogP contribution is 2.22. The zero-order chi connectivity index (χ0) is 14.7. The van der Waals surface area contributed by atoms with Crippen LogP contribution in [0.3, 0.4) is 0 Å². The Kier molecular flexibility index (Phi) is 4.05. The van der Waals surface area contributed by atoms with Crippen LogP contribution in [-0.2, 0) is 0 Å². The second-order valence-electron chi connectivity index (χ2n) is 4.15. The van der Waals surface area contributed by atoms with Crippen LogP contribution < -0.4 is 5.32 Å². The van der Waals surface area contributed by atoms with E-state index >= 15 is 0 Å².